The average Bonchev–Trinajstić information content (AvgIpc) is 2.13. The first-order valence-electron chi connectivity index (χ1n) is 6.45. The second-order valence-electron chi connectivity index (χ2n) is 5.23. The summed E-state index contributed by atoms with van der Waals surface area (Å²) in [5, 5.41) is 0. The lowest BCUT2D eigenvalue weighted by atomic mass is 9.88. The molecule has 0 amide bonds. The minimum Gasteiger partial charge on any atom is -0.378 e. The molecule has 0 radical (unpaired) electrons. The maximum atomic E-state index is 5.83. The van der Waals surface area contributed by atoms with E-state index < -0.39 is 0 Å². The third-order valence-electron chi connectivity index (χ3n) is 3.47. The SMILES string of the molecule is CCN(C)C1CC(OCCCC(C)C)C1. The average molecular weight is 213 g/mol. The molecule has 0 atom stereocenters. The van der Waals surface area contributed by atoms with Gasteiger partial charge in [-0.1, -0.05) is 20.8 Å². The zero-order valence-corrected chi connectivity index (χ0v) is 10.8. The molecule has 0 aromatic rings. The van der Waals surface area contributed by atoms with Crippen LogP contribution in [0.3, 0.4) is 0 Å². The van der Waals surface area contributed by atoms with Crippen LogP contribution in [-0.2, 0) is 4.74 Å². The molecule has 0 heterocycles. The van der Waals surface area contributed by atoms with Crippen molar-refractivity contribution >= 4 is 0 Å². The van der Waals surface area contributed by atoms with Crippen LogP contribution in [-0.4, -0.2) is 37.2 Å². The van der Waals surface area contributed by atoms with Crippen molar-refractivity contribution in [3.63, 3.8) is 0 Å². The van der Waals surface area contributed by atoms with Crippen molar-refractivity contribution in [1.29, 1.82) is 0 Å². The summed E-state index contributed by atoms with van der Waals surface area (Å²) in [5.41, 5.74) is 0. The fraction of sp³-hybridized carbons (Fsp3) is 1.00. The lowest BCUT2D eigenvalue weighted by molar-refractivity contribution is -0.0455. The lowest BCUT2D eigenvalue weighted by Crippen LogP contribution is -2.46. The van der Waals surface area contributed by atoms with Gasteiger partial charge in [0.05, 0.1) is 6.10 Å². The first-order chi connectivity index (χ1) is 7.13. The fourth-order valence-electron chi connectivity index (χ4n) is 2.03. The molecule has 0 spiro atoms. The highest BCUT2D eigenvalue weighted by Gasteiger charge is 2.31. The van der Waals surface area contributed by atoms with E-state index in [-0.39, 0.29) is 0 Å². The Morgan fingerprint density at radius 1 is 1.33 bits per heavy atom. The van der Waals surface area contributed by atoms with Crippen LogP contribution in [0.2, 0.25) is 0 Å². The highest BCUT2D eigenvalue weighted by atomic mass is 16.5. The fourth-order valence-corrected chi connectivity index (χ4v) is 2.03. The topological polar surface area (TPSA) is 12.5 Å². The predicted octanol–water partition coefficient (Wildman–Crippen LogP) is 2.92. The Balaban J connectivity index is 1.94. The van der Waals surface area contributed by atoms with Crippen molar-refractivity contribution in [2.45, 2.75) is 58.6 Å². The van der Waals surface area contributed by atoms with E-state index in [1.54, 1.807) is 0 Å². The molecule has 0 N–H and O–H groups in total. The maximum absolute atomic E-state index is 5.83. The molecule has 0 bridgehead atoms. The summed E-state index contributed by atoms with van der Waals surface area (Å²) in [6.07, 6.45) is 5.56. The summed E-state index contributed by atoms with van der Waals surface area (Å²) in [6.45, 7) is 8.89. The van der Waals surface area contributed by atoms with Gasteiger partial charge in [0.2, 0.25) is 0 Å². The Kier molecular flexibility index (Phi) is 5.62. The summed E-state index contributed by atoms with van der Waals surface area (Å²) in [6, 6.07) is 0.782. The largest absolute Gasteiger partial charge is 0.378 e. The van der Waals surface area contributed by atoms with Gasteiger partial charge < -0.3 is 9.64 Å². The van der Waals surface area contributed by atoms with E-state index in [1.807, 2.05) is 0 Å². The minimum absolute atomic E-state index is 0.552. The molecule has 1 fully saturated rings. The van der Waals surface area contributed by atoms with Gasteiger partial charge in [0.25, 0.3) is 0 Å². The van der Waals surface area contributed by atoms with Crippen molar-refractivity contribution in [2.24, 2.45) is 5.92 Å². The van der Waals surface area contributed by atoms with Gasteiger partial charge in [-0.05, 0) is 45.2 Å². The van der Waals surface area contributed by atoms with Crippen molar-refractivity contribution in [3.8, 4) is 0 Å². The zero-order valence-electron chi connectivity index (χ0n) is 10.8. The van der Waals surface area contributed by atoms with Crippen molar-refractivity contribution in [3.05, 3.63) is 0 Å². The van der Waals surface area contributed by atoms with Crippen LogP contribution in [0.25, 0.3) is 0 Å². The first kappa shape index (κ1) is 13.0. The third-order valence-corrected chi connectivity index (χ3v) is 3.47. The third kappa shape index (κ3) is 4.52. The van der Waals surface area contributed by atoms with E-state index >= 15 is 0 Å². The van der Waals surface area contributed by atoms with Crippen LogP contribution >= 0.6 is 0 Å². The van der Waals surface area contributed by atoms with Crippen molar-refractivity contribution < 1.29 is 4.74 Å². The standard InChI is InChI=1S/C13H27NO/c1-5-14(4)12-9-13(10-12)15-8-6-7-11(2)3/h11-13H,5-10H2,1-4H3. The molecule has 1 aliphatic rings. The maximum Gasteiger partial charge on any atom is 0.0605 e. The van der Waals surface area contributed by atoms with Gasteiger partial charge in [-0.25, -0.2) is 0 Å². The van der Waals surface area contributed by atoms with Crippen LogP contribution in [0.5, 0.6) is 0 Å². The Hall–Kier alpha value is -0.0800. The van der Waals surface area contributed by atoms with Crippen LogP contribution in [0.4, 0.5) is 0 Å². The van der Waals surface area contributed by atoms with E-state index in [1.165, 1.54) is 25.7 Å². The summed E-state index contributed by atoms with van der Waals surface area (Å²) >= 11 is 0. The van der Waals surface area contributed by atoms with Crippen LogP contribution in [0, 0.1) is 5.92 Å². The molecule has 1 saturated carbocycles. The van der Waals surface area contributed by atoms with E-state index in [9.17, 15) is 0 Å². The Morgan fingerprint density at radius 2 is 2.00 bits per heavy atom. The van der Waals surface area contributed by atoms with E-state index in [2.05, 4.69) is 32.7 Å². The van der Waals surface area contributed by atoms with Gasteiger partial charge in [-0.15, -0.1) is 0 Å². The molecular formula is C13H27NO. The van der Waals surface area contributed by atoms with Gasteiger partial charge in [0, 0.05) is 12.6 Å². The zero-order chi connectivity index (χ0) is 11.3. The molecule has 0 saturated heterocycles. The summed E-state index contributed by atoms with van der Waals surface area (Å²) < 4.78 is 5.83. The molecule has 1 aliphatic carbocycles. The number of rotatable bonds is 7. The number of hydrogen-bond acceptors (Lipinski definition) is 2. The molecule has 2 heteroatoms. The van der Waals surface area contributed by atoms with E-state index in [0.29, 0.717) is 6.10 Å². The molecule has 15 heavy (non-hydrogen) atoms. The Morgan fingerprint density at radius 3 is 2.53 bits per heavy atom. The van der Waals surface area contributed by atoms with Crippen molar-refractivity contribution in [1.82, 2.24) is 4.90 Å². The molecule has 1 rings (SSSR count). The van der Waals surface area contributed by atoms with Gasteiger partial charge in [-0.2, -0.15) is 0 Å². The Bertz CT molecular complexity index is 164. The van der Waals surface area contributed by atoms with Gasteiger partial charge >= 0.3 is 0 Å². The molecule has 90 valence electrons. The second kappa shape index (κ2) is 6.49. The van der Waals surface area contributed by atoms with Crippen LogP contribution < -0.4 is 0 Å². The van der Waals surface area contributed by atoms with Gasteiger partial charge in [-0.3, -0.25) is 0 Å². The summed E-state index contributed by atoms with van der Waals surface area (Å²) in [4.78, 5) is 2.42. The monoisotopic (exact) mass is 213 g/mol. The van der Waals surface area contributed by atoms with Gasteiger partial charge in [0.1, 0.15) is 0 Å². The minimum atomic E-state index is 0.552. The van der Waals surface area contributed by atoms with Crippen LogP contribution in [0.15, 0.2) is 0 Å². The Labute approximate surface area is 95.0 Å². The summed E-state index contributed by atoms with van der Waals surface area (Å²) in [5.74, 6) is 0.814. The number of ether oxygens (including phenoxy) is 1. The van der Waals surface area contributed by atoms with Crippen LogP contribution in [0.1, 0.15) is 46.5 Å². The normalized spacial score (nSPS) is 26.0. The smallest absolute Gasteiger partial charge is 0.0605 e. The molecule has 0 aromatic heterocycles. The van der Waals surface area contributed by atoms with E-state index in [0.717, 1.165) is 25.1 Å². The van der Waals surface area contributed by atoms with E-state index in [4.69, 9.17) is 4.74 Å². The lowest BCUT2D eigenvalue weighted by Gasteiger charge is -2.40. The molecule has 0 unspecified atom stereocenters. The number of nitrogens with zero attached hydrogens (tertiary/aromatic N) is 1. The van der Waals surface area contributed by atoms with Crippen molar-refractivity contribution in [2.75, 3.05) is 20.2 Å². The first-order valence-corrected chi connectivity index (χ1v) is 6.45. The quantitative estimate of drug-likeness (QED) is 0.603. The highest BCUT2D eigenvalue weighted by molar-refractivity contribution is 4.86. The molecule has 0 aromatic carbocycles. The highest BCUT2D eigenvalue weighted by Crippen LogP contribution is 2.27. The molecular weight excluding hydrogens is 186 g/mol. The molecule has 2 nitrogen and oxygen atoms in total. The number of hydrogen-bond donors (Lipinski definition) is 0. The van der Waals surface area contributed by atoms with Gasteiger partial charge in [0.15, 0.2) is 0 Å². The second-order valence-corrected chi connectivity index (χ2v) is 5.23. The molecule has 0 aliphatic heterocycles. The summed E-state index contributed by atoms with van der Waals surface area (Å²) in [7, 11) is 2.21. The predicted molar refractivity (Wildman–Crippen MR) is 65.1 cm³/mol.